The van der Waals surface area contributed by atoms with Gasteiger partial charge in [-0.25, -0.2) is 0 Å². The third-order valence-electron chi connectivity index (χ3n) is 2.88. The Hall–Kier alpha value is -1.73. The summed E-state index contributed by atoms with van der Waals surface area (Å²) in [6.45, 7) is 1.72. The highest BCUT2D eigenvalue weighted by molar-refractivity contribution is 6.30. The fourth-order valence-electron chi connectivity index (χ4n) is 1.84. The van der Waals surface area contributed by atoms with Gasteiger partial charge in [0, 0.05) is 25.2 Å². The zero-order valence-electron chi connectivity index (χ0n) is 9.48. The molecule has 17 heavy (non-hydrogen) atoms. The van der Waals surface area contributed by atoms with E-state index in [2.05, 4.69) is 6.07 Å². The summed E-state index contributed by atoms with van der Waals surface area (Å²) in [6, 6.07) is 7.26. The maximum Gasteiger partial charge on any atom is 0.241 e. The number of anilines is 1. The van der Waals surface area contributed by atoms with Crippen molar-refractivity contribution in [3.8, 4) is 6.07 Å². The minimum atomic E-state index is 0.0649. The van der Waals surface area contributed by atoms with Crippen molar-refractivity contribution in [2.24, 2.45) is 0 Å². The minimum Gasteiger partial charge on any atom is -0.359 e. The molecule has 88 valence electrons. The molecule has 0 bridgehead atoms. The molecule has 1 aliphatic heterocycles. The van der Waals surface area contributed by atoms with E-state index in [0.717, 1.165) is 12.2 Å². The number of carbonyl (C=O) groups is 1. The van der Waals surface area contributed by atoms with Crippen LogP contribution in [0.25, 0.3) is 0 Å². The lowest BCUT2D eigenvalue weighted by molar-refractivity contribution is -0.129. The van der Waals surface area contributed by atoms with Crippen LogP contribution in [0.2, 0.25) is 5.02 Å². The van der Waals surface area contributed by atoms with Crippen LogP contribution in [0.15, 0.2) is 18.2 Å². The van der Waals surface area contributed by atoms with Crippen LogP contribution in [0.3, 0.4) is 0 Å². The maximum absolute atomic E-state index is 11.6. The van der Waals surface area contributed by atoms with E-state index in [1.54, 1.807) is 30.1 Å². The summed E-state index contributed by atoms with van der Waals surface area (Å²) in [4.78, 5) is 15.2. The number of likely N-dealkylation sites (N-methyl/N-ethyl adjacent to an activating group) is 1. The van der Waals surface area contributed by atoms with Crippen LogP contribution in [0.4, 0.5) is 5.69 Å². The molecule has 2 rings (SSSR count). The van der Waals surface area contributed by atoms with Gasteiger partial charge in [-0.15, -0.1) is 0 Å². The molecular weight excluding hydrogens is 238 g/mol. The molecule has 1 aromatic carbocycles. The Labute approximate surface area is 105 Å². The summed E-state index contributed by atoms with van der Waals surface area (Å²) in [5.41, 5.74) is 1.29. The van der Waals surface area contributed by atoms with Crippen molar-refractivity contribution in [1.82, 2.24) is 4.90 Å². The first kappa shape index (κ1) is 11.7. The van der Waals surface area contributed by atoms with E-state index in [1.165, 1.54) is 0 Å². The molecule has 0 aliphatic carbocycles. The fraction of sp³-hybridized carbons (Fsp3) is 0.333. The zero-order chi connectivity index (χ0) is 12.4. The van der Waals surface area contributed by atoms with Crippen LogP contribution in [-0.4, -0.2) is 37.5 Å². The van der Waals surface area contributed by atoms with Crippen LogP contribution >= 0.6 is 11.6 Å². The standard InChI is InChI=1S/C12H12ClN3O/c1-15-4-5-16(8-12(15)17)11-3-2-10(13)6-9(11)7-14/h2-3,6H,4-5,8H2,1H3. The lowest BCUT2D eigenvalue weighted by atomic mass is 10.1. The van der Waals surface area contributed by atoms with E-state index in [9.17, 15) is 4.79 Å². The highest BCUT2D eigenvalue weighted by Gasteiger charge is 2.22. The molecule has 0 radical (unpaired) electrons. The predicted octanol–water partition coefficient (Wildman–Crippen LogP) is 1.49. The van der Waals surface area contributed by atoms with Gasteiger partial charge in [0.25, 0.3) is 0 Å². The first-order chi connectivity index (χ1) is 8.11. The number of halogens is 1. The SMILES string of the molecule is CN1CCN(c2ccc(Cl)cc2C#N)CC1=O. The average Bonchev–Trinajstić information content (AvgIpc) is 2.32. The number of piperazine rings is 1. The lowest BCUT2D eigenvalue weighted by Crippen LogP contribution is -2.48. The number of hydrogen-bond acceptors (Lipinski definition) is 3. The lowest BCUT2D eigenvalue weighted by Gasteiger charge is -2.33. The zero-order valence-corrected chi connectivity index (χ0v) is 10.2. The van der Waals surface area contributed by atoms with Crippen LogP contribution in [-0.2, 0) is 4.79 Å². The Morgan fingerprint density at radius 2 is 2.18 bits per heavy atom. The molecule has 1 fully saturated rings. The van der Waals surface area contributed by atoms with Crippen molar-refractivity contribution in [3.05, 3.63) is 28.8 Å². The molecule has 1 heterocycles. The number of hydrogen-bond donors (Lipinski definition) is 0. The largest absolute Gasteiger partial charge is 0.359 e. The van der Waals surface area contributed by atoms with Gasteiger partial charge >= 0.3 is 0 Å². The Balaban J connectivity index is 2.29. The molecule has 0 N–H and O–H groups in total. The van der Waals surface area contributed by atoms with Crippen molar-refractivity contribution >= 4 is 23.2 Å². The summed E-state index contributed by atoms with van der Waals surface area (Å²) in [6.07, 6.45) is 0. The van der Waals surface area contributed by atoms with Crippen molar-refractivity contribution in [3.63, 3.8) is 0 Å². The van der Waals surface area contributed by atoms with Crippen molar-refractivity contribution in [2.75, 3.05) is 31.6 Å². The van der Waals surface area contributed by atoms with E-state index >= 15 is 0 Å². The Morgan fingerprint density at radius 1 is 1.41 bits per heavy atom. The van der Waals surface area contributed by atoms with Gasteiger partial charge in [0.05, 0.1) is 17.8 Å². The van der Waals surface area contributed by atoms with Gasteiger partial charge < -0.3 is 9.80 Å². The molecule has 0 aromatic heterocycles. The van der Waals surface area contributed by atoms with Crippen LogP contribution in [0, 0.1) is 11.3 Å². The summed E-state index contributed by atoms with van der Waals surface area (Å²) in [5.74, 6) is 0.0649. The van der Waals surface area contributed by atoms with E-state index in [1.807, 2.05) is 4.90 Å². The average molecular weight is 250 g/mol. The van der Waals surface area contributed by atoms with Gasteiger partial charge in [-0.2, -0.15) is 5.26 Å². The van der Waals surface area contributed by atoms with E-state index in [0.29, 0.717) is 23.7 Å². The van der Waals surface area contributed by atoms with E-state index < -0.39 is 0 Å². The topological polar surface area (TPSA) is 47.3 Å². The second kappa shape index (κ2) is 4.64. The summed E-state index contributed by atoms with van der Waals surface area (Å²) in [5, 5.41) is 9.59. The highest BCUT2D eigenvalue weighted by Crippen LogP contribution is 2.24. The third kappa shape index (κ3) is 2.34. The van der Waals surface area contributed by atoms with Crippen molar-refractivity contribution in [2.45, 2.75) is 0 Å². The number of rotatable bonds is 1. The number of nitriles is 1. The molecule has 0 saturated carbocycles. The maximum atomic E-state index is 11.6. The van der Waals surface area contributed by atoms with Crippen LogP contribution in [0.1, 0.15) is 5.56 Å². The molecule has 0 spiro atoms. The Kier molecular flexibility index (Phi) is 3.21. The monoisotopic (exact) mass is 249 g/mol. The fourth-order valence-corrected chi connectivity index (χ4v) is 2.01. The normalized spacial score (nSPS) is 15.9. The molecule has 5 heteroatoms. The number of amides is 1. The highest BCUT2D eigenvalue weighted by atomic mass is 35.5. The molecule has 1 saturated heterocycles. The number of benzene rings is 1. The molecule has 1 aliphatic rings. The molecule has 1 amide bonds. The van der Waals surface area contributed by atoms with E-state index in [-0.39, 0.29) is 5.91 Å². The van der Waals surface area contributed by atoms with Gasteiger partial charge in [0.1, 0.15) is 6.07 Å². The number of nitrogens with zero attached hydrogens (tertiary/aromatic N) is 3. The van der Waals surface area contributed by atoms with E-state index in [4.69, 9.17) is 16.9 Å². The Bertz CT molecular complexity index is 495. The first-order valence-electron chi connectivity index (χ1n) is 5.30. The van der Waals surface area contributed by atoms with Crippen LogP contribution in [0.5, 0.6) is 0 Å². The summed E-state index contributed by atoms with van der Waals surface area (Å²) >= 11 is 5.84. The summed E-state index contributed by atoms with van der Waals surface area (Å²) < 4.78 is 0. The van der Waals surface area contributed by atoms with Crippen molar-refractivity contribution < 1.29 is 4.79 Å². The van der Waals surface area contributed by atoms with Gasteiger partial charge in [-0.1, -0.05) is 11.6 Å². The van der Waals surface area contributed by atoms with Gasteiger partial charge in [-0.05, 0) is 18.2 Å². The van der Waals surface area contributed by atoms with Gasteiger partial charge in [-0.3, -0.25) is 4.79 Å². The smallest absolute Gasteiger partial charge is 0.241 e. The molecular formula is C12H12ClN3O. The van der Waals surface area contributed by atoms with Gasteiger partial charge in [0.2, 0.25) is 5.91 Å². The minimum absolute atomic E-state index is 0.0649. The first-order valence-corrected chi connectivity index (χ1v) is 5.68. The Morgan fingerprint density at radius 3 is 2.82 bits per heavy atom. The molecule has 4 nitrogen and oxygen atoms in total. The second-order valence-corrected chi connectivity index (χ2v) is 4.45. The molecule has 0 unspecified atom stereocenters. The number of carbonyl (C=O) groups excluding carboxylic acids is 1. The quantitative estimate of drug-likeness (QED) is 0.758. The van der Waals surface area contributed by atoms with Crippen LogP contribution < -0.4 is 4.90 Å². The molecule has 0 atom stereocenters. The second-order valence-electron chi connectivity index (χ2n) is 4.01. The predicted molar refractivity (Wildman–Crippen MR) is 66.0 cm³/mol. The summed E-state index contributed by atoms with van der Waals surface area (Å²) in [7, 11) is 1.78. The molecule has 1 aromatic rings. The van der Waals surface area contributed by atoms with Gasteiger partial charge in [0.15, 0.2) is 0 Å². The van der Waals surface area contributed by atoms with Crippen molar-refractivity contribution in [1.29, 1.82) is 5.26 Å². The third-order valence-corrected chi connectivity index (χ3v) is 3.11.